The Morgan fingerprint density at radius 2 is 1.61 bits per heavy atom. The molecule has 0 saturated carbocycles. The molecule has 0 atom stereocenters. The molecule has 1 amide bonds. The highest BCUT2D eigenvalue weighted by Gasteiger charge is 2.20. The van der Waals surface area contributed by atoms with Gasteiger partial charge in [0.1, 0.15) is 11.5 Å². The number of esters is 1. The molecule has 0 radical (unpaired) electrons. The molecule has 0 fully saturated rings. The average Bonchev–Trinajstić information content (AvgIpc) is 3.38. The lowest BCUT2D eigenvalue weighted by molar-refractivity contribution is -0.115. The molecule has 0 aliphatic carbocycles. The summed E-state index contributed by atoms with van der Waals surface area (Å²) in [6, 6.07) is 24.1. The van der Waals surface area contributed by atoms with Crippen molar-refractivity contribution in [2.75, 3.05) is 11.9 Å². The van der Waals surface area contributed by atoms with Crippen molar-refractivity contribution in [2.45, 2.75) is 13.3 Å². The van der Waals surface area contributed by atoms with Crippen molar-refractivity contribution in [3.8, 4) is 28.1 Å². The maximum Gasteiger partial charge on any atom is 0.338 e. The topological polar surface area (TPSA) is 112 Å². The zero-order chi connectivity index (χ0) is 26.3. The van der Waals surface area contributed by atoms with Gasteiger partial charge in [-0.1, -0.05) is 47.7 Å². The van der Waals surface area contributed by atoms with Crippen molar-refractivity contribution in [3.05, 3.63) is 109 Å². The zero-order valence-corrected chi connectivity index (χ0v) is 20.6. The van der Waals surface area contributed by atoms with Crippen LogP contribution >= 0.6 is 0 Å². The molecule has 0 spiro atoms. The summed E-state index contributed by atoms with van der Waals surface area (Å²) in [6.45, 7) is 2.05. The van der Waals surface area contributed by atoms with E-state index in [1.165, 1.54) is 0 Å². The van der Waals surface area contributed by atoms with Crippen molar-refractivity contribution >= 4 is 17.7 Å². The number of aromatic nitrogens is 5. The van der Waals surface area contributed by atoms with Crippen LogP contribution in [0.1, 0.15) is 23.0 Å². The number of carbonyl (C=O) groups is 2. The number of nitrogens with one attached hydrogen (secondary N) is 1. The predicted octanol–water partition coefficient (Wildman–Crippen LogP) is 4.75. The van der Waals surface area contributed by atoms with Crippen LogP contribution in [0.2, 0.25) is 0 Å². The smallest absolute Gasteiger partial charge is 0.338 e. The largest absolute Gasteiger partial charge is 0.462 e. The third-order valence-corrected chi connectivity index (χ3v) is 5.78. The van der Waals surface area contributed by atoms with E-state index in [4.69, 9.17) is 4.74 Å². The maximum absolute atomic E-state index is 13.0. The molecule has 3 aromatic heterocycles. The van der Waals surface area contributed by atoms with E-state index in [0.29, 0.717) is 29.4 Å². The van der Waals surface area contributed by atoms with Gasteiger partial charge in [0.05, 0.1) is 30.0 Å². The van der Waals surface area contributed by atoms with Crippen molar-refractivity contribution in [1.29, 1.82) is 0 Å². The Bertz CT molecular complexity index is 1530. The first-order chi connectivity index (χ1) is 18.6. The second-order valence-corrected chi connectivity index (χ2v) is 8.32. The van der Waals surface area contributed by atoms with Crippen LogP contribution < -0.4 is 5.32 Å². The minimum atomic E-state index is -0.398. The molecular weight excluding hydrogens is 480 g/mol. The van der Waals surface area contributed by atoms with E-state index in [1.807, 2.05) is 36.4 Å². The van der Waals surface area contributed by atoms with Crippen LogP contribution in [-0.4, -0.2) is 43.4 Å². The standard InChI is InChI=1S/C29H24N6O3/c1-2-38-29(37)22-10-8-21(9-11-22)28-25(33-34-35(28)24-14-16-30-17-15-24)18-27(36)32-26-13-12-23(19-31-26)20-6-4-3-5-7-20/h3-17,19H,2,18H2,1H3,(H,31,32,36). The molecule has 2 aromatic carbocycles. The van der Waals surface area contributed by atoms with E-state index in [9.17, 15) is 9.59 Å². The molecule has 5 rings (SSSR count). The third kappa shape index (κ3) is 5.46. The fraction of sp³-hybridized carbons (Fsp3) is 0.103. The molecule has 0 bridgehead atoms. The maximum atomic E-state index is 13.0. The monoisotopic (exact) mass is 504 g/mol. The summed E-state index contributed by atoms with van der Waals surface area (Å²) < 4.78 is 6.73. The van der Waals surface area contributed by atoms with Gasteiger partial charge in [0.15, 0.2) is 0 Å². The number of ether oxygens (including phenoxy) is 1. The Morgan fingerprint density at radius 3 is 2.29 bits per heavy atom. The van der Waals surface area contributed by atoms with E-state index in [1.54, 1.807) is 72.7 Å². The number of rotatable bonds is 8. The van der Waals surface area contributed by atoms with Crippen LogP contribution in [0.3, 0.4) is 0 Å². The summed E-state index contributed by atoms with van der Waals surface area (Å²) in [7, 11) is 0. The minimum absolute atomic E-state index is 0.0256. The van der Waals surface area contributed by atoms with Gasteiger partial charge in [-0.2, -0.15) is 0 Å². The predicted molar refractivity (Wildman–Crippen MR) is 143 cm³/mol. The van der Waals surface area contributed by atoms with Crippen LogP contribution in [0.15, 0.2) is 97.5 Å². The Morgan fingerprint density at radius 1 is 0.868 bits per heavy atom. The van der Waals surface area contributed by atoms with Crippen LogP contribution in [0.5, 0.6) is 0 Å². The number of carbonyl (C=O) groups excluding carboxylic acids is 2. The molecule has 3 heterocycles. The van der Waals surface area contributed by atoms with Crippen LogP contribution in [0, 0.1) is 0 Å². The Balaban J connectivity index is 1.39. The van der Waals surface area contributed by atoms with Crippen molar-refractivity contribution in [3.63, 3.8) is 0 Å². The lowest BCUT2D eigenvalue weighted by atomic mass is 10.1. The molecule has 0 saturated heterocycles. The molecule has 0 unspecified atom stereocenters. The van der Waals surface area contributed by atoms with Crippen LogP contribution in [-0.2, 0) is 16.0 Å². The first kappa shape index (κ1) is 24.5. The van der Waals surface area contributed by atoms with Gasteiger partial charge in [-0.3, -0.25) is 9.78 Å². The highest BCUT2D eigenvalue weighted by molar-refractivity contribution is 5.93. The molecule has 0 aliphatic rings. The number of anilines is 1. The lowest BCUT2D eigenvalue weighted by Crippen LogP contribution is -2.16. The normalized spacial score (nSPS) is 10.7. The fourth-order valence-corrected chi connectivity index (χ4v) is 3.97. The fourth-order valence-electron chi connectivity index (χ4n) is 3.97. The van der Waals surface area contributed by atoms with Gasteiger partial charge in [0, 0.05) is 29.7 Å². The van der Waals surface area contributed by atoms with E-state index < -0.39 is 5.97 Å². The Hall–Kier alpha value is -5.18. The highest BCUT2D eigenvalue weighted by atomic mass is 16.5. The van der Waals surface area contributed by atoms with Gasteiger partial charge in [-0.25, -0.2) is 14.5 Å². The number of amides is 1. The highest BCUT2D eigenvalue weighted by Crippen LogP contribution is 2.27. The summed E-state index contributed by atoms with van der Waals surface area (Å²) >= 11 is 0. The average molecular weight is 505 g/mol. The summed E-state index contributed by atoms with van der Waals surface area (Å²) in [5.74, 6) is -0.238. The number of pyridine rings is 2. The first-order valence-corrected chi connectivity index (χ1v) is 12.1. The SMILES string of the molecule is CCOC(=O)c1ccc(-c2c(CC(=O)Nc3ccc(-c4ccccc4)cn3)nnn2-c2ccncc2)cc1. The van der Waals surface area contributed by atoms with Crippen molar-refractivity contribution < 1.29 is 14.3 Å². The Kier molecular flexibility index (Phi) is 7.26. The van der Waals surface area contributed by atoms with Gasteiger partial charge in [0.25, 0.3) is 0 Å². The quantitative estimate of drug-likeness (QED) is 0.304. The minimum Gasteiger partial charge on any atom is -0.462 e. The third-order valence-electron chi connectivity index (χ3n) is 5.78. The lowest BCUT2D eigenvalue weighted by Gasteiger charge is -2.10. The molecular formula is C29H24N6O3. The molecule has 5 aromatic rings. The number of nitrogens with zero attached hydrogens (tertiary/aromatic N) is 5. The first-order valence-electron chi connectivity index (χ1n) is 12.1. The van der Waals surface area contributed by atoms with Gasteiger partial charge in [0.2, 0.25) is 5.91 Å². The van der Waals surface area contributed by atoms with Crippen molar-refractivity contribution in [1.82, 2.24) is 25.0 Å². The second-order valence-electron chi connectivity index (χ2n) is 8.32. The molecule has 9 heteroatoms. The van der Waals surface area contributed by atoms with Crippen LogP contribution in [0.25, 0.3) is 28.1 Å². The zero-order valence-electron chi connectivity index (χ0n) is 20.6. The summed E-state index contributed by atoms with van der Waals surface area (Å²) in [4.78, 5) is 33.5. The van der Waals surface area contributed by atoms with Gasteiger partial charge < -0.3 is 10.1 Å². The van der Waals surface area contributed by atoms with Gasteiger partial charge in [-0.15, -0.1) is 5.10 Å². The van der Waals surface area contributed by atoms with Gasteiger partial charge >= 0.3 is 5.97 Å². The van der Waals surface area contributed by atoms with E-state index in [-0.39, 0.29) is 12.3 Å². The number of hydrogen-bond donors (Lipinski definition) is 1. The van der Waals surface area contributed by atoms with Gasteiger partial charge in [-0.05, 0) is 48.9 Å². The number of hydrogen-bond acceptors (Lipinski definition) is 7. The molecule has 9 nitrogen and oxygen atoms in total. The second kappa shape index (κ2) is 11.3. The summed E-state index contributed by atoms with van der Waals surface area (Å²) in [6.07, 6.45) is 5.01. The van der Waals surface area contributed by atoms with E-state index in [2.05, 4.69) is 25.6 Å². The molecule has 188 valence electrons. The summed E-state index contributed by atoms with van der Waals surface area (Å²) in [5, 5.41) is 11.5. The molecule has 0 aliphatic heterocycles. The summed E-state index contributed by atoms with van der Waals surface area (Å²) in [5.41, 5.74) is 5.03. The van der Waals surface area contributed by atoms with Crippen molar-refractivity contribution in [2.24, 2.45) is 0 Å². The van der Waals surface area contributed by atoms with E-state index in [0.717, 1.165) is 22.4 Å². The molecule has 38 heavy (non-hydrogen) atoms. The van der Waals surface area contributed by atoms with E-state index >= 15 is 0 Å². The van der Waals surface area contributed by atoms with Crippen LogP contribution in [0.4, 0.5) is 5.82 Å². The number of benzene rings is 2. The Labute approximate surface area is 219 Å². The molecule has 1 N–H and O–H groups in total.